The van der Waals surface area contributed by atoms with Gasteiger partial charge >= 0.3 is 0 Å². The molecule has 0 bridgehead atoms. The predicted molar refractivity (Wildman–Crippen MR) is 113 cm³/mol. The first-order chi connectivity index (χ1) is 14.2. The van der Waals surface area contributed by atoms with Crippen LogP contribution in [0.15, 0.2) is 76.5 Å². The fourth-order valence-corrected chi connectivity index (χ4v) is 5.53. The first-order valence-corrected chi connectivity index (χ1v) is 12.2. The van der Waals surface area contributed by atoms with E-state index >= 15 is 0 Å². The van der Waals surface area contributed by atoms with Crippen LogP contribution in [-0.4, -0.2) is 16.8 Å². The number of anilines is 2. The van der Waals surface area contributed by atoms with Crippen molar-refractivity contribution in [3.8, 4) is 0 Å². The predicted octanol–water partition coefficient (Wildman–Crippen LogP) is 3.92. The maximum absolute atomic E-state index is 13.0. The van der Waals surface area contributed by atoms with Crippen LogP contribution in [0.25, 0.3) is 0 Å². The van der Waals surface area contributed by atoms with E-state index in [1.54, 1.807) is 12.1 Å². The summed E-state index contributed by atoms with van der Waals surface area (Å²) in [6.45, 7) is 0. The second-order valence-electron chi connectivity index (χ2n) is 7.03. The number of rotatable bonds is 6. The lowest BCUT2D eigenvalue weighted by Crippen LogP contribution is -2.14. The van der Waals surface area contributed by atoms with Gasteiger partial charge in [0.05, 0.1) is 9.79 Å². The highest BCUT2D eigenvalue weighted by Gasteiger charge is 2.19. The molecule has 0 heterocycles. The first kappa shape index (κ1) is 20.4. The fraction of sp³-hybridized carbons (Fsp3) is 0.143. The Balaban J connectivity index is 1.49. The third-order valence-corrected chi connectivity index (χ3v) is 7.67. The number of sulfonamides is 2. The zero-order valence-corrected chi connectivity index (χ0v) is 17.4. The number of halogens is 1. The molecule has 6 nitrogen and oxygen atoms in total. The number of benzene rings is 3. The van der Waals surface area contributed by atoms with Crippen LogP contribution in [0.5, 0.6) is 0 Å². The molecule has 0 saturated heterocycles. The van der Waals surface area contributed by atoms with E-state index in [2.05, 4.69) is 9.44 Å². The van der Waals surface area contributed by atoms with Crippen molar-refractivity contribution < 1.29 is 21.2 Å². The van der Waals surface area contributed by atoms with Crippen LogP contribution in [-0.2, 0) is 32.9 Å². The molecule has 0 fully saturated rings. The molecule has 30 heavy (non-hydrogen) atoms. The smallest absolute Gasteiger partial charge is 0.261 e. The molecule has 9 heteroatoms. The highest BCUT2D eigenvalue weighted by atomic mass is 32.2. The van der Waals surface area contributed by atoms with Crippen LogP contribution in [0.1, 0.15) is 17.5 Å². The average molecular weight is 447 g/mol. The molecule has 0 spiro atoms. The minimum atomic E-state index is -3.88. The molecule has 0 aliphatic heterocycles. The number of fused-ring (bicyclic) bond motifs is 1. The molecule has 3 aromatic carbocycles. The lowest BCUT2D eigenvalue weighted by atomic mass is 10.1. The summed E-state index contributed by atoms with van der Waals surface area (Å²) in [4.78, 5) is 0.120. The second kappa shape index (κ2) is 7.73. The summed E-state index contributed by atoms with van der Waals surface area (Å²) in [7, 11) is -7.64. The molecule has 0 unspecified atom stereocenters. The molecular weight excluding hydrogens is 427 g/mol. The van der Waals surface area contributed by atoms with E-state index in [1.165, 1.54) is 29.8 Å². The van der Waals surface area contributed by atoms with E-state index in [0.29, 0.717) is 5.69 Å². The second-order valence-corrected chi connectivity index (χ2v) is 10.4. The molecule has 0 aromatic heterocycles. The monoisotopic (exact) mass is 446 g/mol. The largest absolute Gasteiger partial charge is 0.280 e. The summed E-state index contributed by atoms with van der Waals surface area (Å²) in [6.07, 6.45) is 2.88. The molecule has 156 valence electrons. The van der Waals surface area contributed by atoms with Crippen LogP contribution in [0.4, 0.5) is 15.8 Å². The molecule has 4 rings (SSSR count). The summed E-state index contributed by atoms with van der Waals surface area (Å²) >= 11 is 0. The Morgan fingerprint density at radius 2 is 1.13 bits per heavy atom. The lowest BCUT2D eigenvalue weighted by Gasteiger charge is -2.11. The van der Waals surface area contributed by atoms with Crippen LogP contribution >= 0.6 is 0 Å². The molecular formula is C21H19FN2O4S2. The number of nitrogens with one attached hydrogen (secondary N) is 2. The molecule has 0 atom stereocenters. The zero-order valence-electron chi connectivity index (χ0n) is 15.8. The van der Waals surface area contributed by atoms with Crippen molar-refractivity contribution in [1.29, 1.82) is 0 Å². The van der Waals surface area contributed by atoms with Crippen LogP contribution in [0, 0.1) is 5.82 Å². The van der Waals surface area contributed by atoms with E-state index in [1.807, 2.05) is 6.07 Å². The van der Waals surface area contributed by atoms with Crippen LogP contribution in [0.3, 0.4) is 0 Å². The van der Waals surface area contributed by atoms with E-state index in [4.69, 9.17) is 0 Å². The van der Waals surface area contributed by atoms with Crippen molar-refractivity contribution in [3.05, 3.63) is 83.7 Å². The van der Waals surface area contributed by atoms with Gasteiger partial charge in [-0.3, -0.25) is 9.44 Å². The summed E-state index contributed by atoms with van der Waals surface area (Å²) in [5.41, 5.74) is 2.80. The lowest BCUT2D eigenvalue weighted by molar-refractivity contribution is 0.598. The molecule has 0 amide bonds. The fourth-order valence-electron chi connectivity index (χ4n) is 3.36. The number of hydrogen-bond acceptors (Lipinski definition) is 4. The Hall–Kier alpha value is -2.91. The molecule has 1 aliphatic rings. The topological polar surface area (TPSA) is 92.3 Å². The van der Waals surface area contributed by atoms with Gasteiger partial charge in [0.1, 0.15) is 5.82 Å². The van der Waals surface area contributed by atoms with Crippen molar-refractivity contribution in [2.45, 2.75) is 29.1 Å². The normalized spacial score (nSPS) is 13.6. The van der Waals surface area contributed by atoms with Gasteiger partial charge in [-0.1, -0.05) is 6.07 Å². The van der Waals surface area contributed by atoms with Gasteiger partial charge in [0, 0.05) is 11.4 Å². The van der Waals surface area contributed by atoms with Gasteiger partial charge in [0.2, 0.25) is 0 Å². The quantitative estimate of drug-likeness (QED) is 0.600. The van der Waals surface area contributed by atoms with Crippen molar-refractivity contribution in [2.24, 2.45) is 0 Å². The maximum atomic E-state index is 13.0. The Kier molecular flexibility index (Phi) is 5.25. The van der Waals surface area contributed by atoms with Gasteiger partial charge in [-0.15, -0.1) is 0 Å². The van der Waals surface area contributed by atoms with Crippen molar-refractivity contribution >= 4 is 31.4 Å². The number of hydrogen-bond donors (Lipinski definition) is 2. The molecule has 1 aliphatic carbocycles. The van der Waals surface area contributed by atoms with Gasteiger partial charge < -0.3 is 0 Å². The Morgan fingerprint density at radius 1 is 0.633 bits per heavy atom. The van der Waals surface area contributed by atoms with E-state index < -0.39 is 25.9 Å². The third kappa shape index (κ3) is 4.31. The first-order valence-electron chi connectivity index (χ1n) is 9.26. The van der Waals surface area contributed by atoms with Crippen LogP contribution in [0.2, 0.25) is 0 Å². The van der Waals surface area contributed by atoms with E-state index in [9.17, 15) is 21.2 Å². The SMILES string of the molecule is O=S(=O)(Nc1ccc(NS(=O)(=O)c2ccc3c(c2)CCC3)cc1)c1ccc(F)cc1. The zero-order chi connectivity index (χ0) is 21.4. The minimum absolute atomic E-state index is 0.0784. The Bertz CT molecular complexity index is 1290. The van der Waals surface area contributed by atoms with Crippen LogP contribution < -0.4 is 9.44 Å². The third-order valence-electron chi connectivity index (χ3n) is 4.89. The molecule has 2 N–H and O–H groups in total. The molecule has 3 aromatic rings. The van der Waals surface area contributed by atoms with Gasteiger partial charge in [-0.25, -0.2) is 21.2 Å². The van der Waals surface area contributed by atoms with Gasteiger partial charge in [-0.05, 0) is 91.1 Å². The summed E-state index contributed by atoms with van der Waals surface area (Å²) in [5, 5.41) is 0. The average Bonchev–Trinajstić information content (AvgIpc) is 3.17. The van der Waals surface area contributed by atoms with Gasteiger partial charge in [-0.2, -0.15) is 0 Å². The van der Waals surface area contributed by atoms with Crippen molar-refractivity contribution in [2.75, 3.05) is 9.44 Å². The standard InChI is InChI=1S/C21H19FN2O4S2/c22-17-5-12-20(13-6-17)29(25,26)23-18-7-9-19(10-8-18)24-30(27,28)21-11-4-15-2-1-3-16(15)14-21/h4-14,23-24H,1-3H2. The summed E-state index contributed by atoms with van der Waals surface area (Å²) in [5.74, 6) is -0.533. The summed E-state index contributed by atoms with van der Waals surface area (Å²) in [6, 6.07) is 15.4. The minimum Gasteiger partial charge on any atom is -0.280 e. The maximum Gasteiger partial charge on any atom is 0.261 e. The molecule has 0 saturated carbocycles. The Morgan fingerprint density at radius 3 is 1.73 bits per heavy atom. The van der Waals surface area contributed by atoms with Crippen molar-refractivity contribution in [3.63, 3.8) is 0 Å². The van der Waals surface area contributed by atoms with E-state index in [0.717, 1.165) is 49.1 Å². The number of aryl methyl sites for hydroxylation is 2. The van der Waals surface area contributed by atoms with Gasteiger partial charge in [0.25, 0.3) is 20.0 Å². The molecule has 0 radical (unpaired) electrons. The highest BCUT2D eigenvalue weighted by Crippen LogP contribution is 2.26. The van der Waals surface area contributed by atoms with Gasteiger partial charge in [0.15, 0.2) is 0 Å². The van der Waals surface area contributed by atoms with Crippen molar-refractivity contribution in [1.82, 2.24) is 0 Å². The summed E-state index contributed by atoms with van der Waals surface area (Å²) < 4.78 is 67.9. The van der Waals surface area contributed by atoms with E-state index in [-0.39, 0.29) is 15.5 Å². The Labute approximate surface area is 174 Å². The highest BCUT2D eigenvalue weighted by molar-refractivity contribution is 7.93.